The summed E-state index contributed by atoms with van der Waals surface area (Å²) in [6.07, 6.45) is 1.72. The maximum absolute atomic E-state index is 12.4. The van der Waals surface area contributed by atoms with Crippen LogP contribution in [0.4, 0.5) is 0 Å². The molecule has 0 atom stereocenters. The van der Waals surface area contributed by atoms with Gasteiger partial charge in [-0.05, 0) is 13.3 Å². The highest BCUT2D eigenvalue weighted by Gasteiger charge is 2.37. The van der Waals surface area contributed by atoms with Gasteiger partial charge in [-0.3, -0.25) is 14.4 Å². The maximum Gasteiger partial charge on any atom is 0.230 e. The van der Waals surface area contributed by atoms with E-state index >= 15 is 0 Å². The zero-order valence-electron chi connectivity index (χ0n) is 10.7. The number of rotatable bonds is 1. The summed E-state index contributed by atoms with van der Waals surface area (Å²) in [6, 6.07) is 0. The number of amides is 1. The molecule has 0 aromatic carbocycles. The minimum Gasteiger partial charge on any atom is -0.325 e. The molecule has 0 bridgehead atoms. The molecular weight excluding hydrogens is 246 g/mol. The van der Waals surface area contributed by atoms with E-state index in [-0.39, 0.29) is 34.4 Å². The minimum atomic E-state index is -0.371. The van der Waals surface area contributed by atoms with Gasteiger partial charge in [0.15, 0.2) is 0 Å². The molecule has 1 amide bonds. The molecule has 1 aliphatic carbocycles. The smallest absolute Gasteiger partial charge is 0.230 e. The van der Waals surface area contributed by atoms with Gasteiger partial charge in [0.05, 0.1) is 5.70 Å². The topological polar surface area (TPSA) is 81.1 Å². The van der Waals surface area contributed by atoms with Crippen LogP contribution in [0.1, 0.15) is 47.1 Å². The summed E-state index contributed by atoms with van der Waals surface area (Å²) in [5.74, 6) is -0.183. The fourth-order valence-corrected chi connectivity index (χ4v) is 2.62. The number of hydrogen-bond donors (Lipinski definition) is 1. The van der Waals surface area contributed by atoms with E-state index in [1.54, 1.807) is 6.92 Å². The first-order chi connectivity index (χ1) is 9.00. The lowest BCUT2D eigenvalue weighted by molar-refractivity contribution is -0.118. The van der Waals surface area contributed by atoms with E-state index < -0.39 is 0 Å². The number of Topliss-reactive ketones (excluding diaryl/α,β-unsaturated/α-hetero) is 2. The van der Waals surface area contributed by atoms with E-state index in [2.05, 4.69) is 10.3 Å². The number of nitrogens with one attached hydrogen (secondary N) is 1. The van der Waals surface area contributed by atoms with Crippen molar-refractivity contribution >= 4 is 17.5 Å². The molecule has 2 aliphatic rings. The van der Waals surface area contributed by atoms with Crippen LogP contribution in [0.3, 0.4) is 0 Å². The van der Waals surface area contributed by atoms with Crippen LogP contribution < -0.4 is 5.32 Å². The Kier molecular flexibility index (Phi) is 2.41. The van der Waals surface area contributed by atoms with Crippen LogP contribution in [0, 0.1) is 0 Å². The standard InChI is InChI=1S/C13H13N3O3/c1-6-9(14-7(2)17)13(19)10-11(12(6)18)16-5-3-4-8(16)15-10/h3-5H2,1-2H3,(H,14,17). The summed E-state index contributed by atoms with van der Waals surface area (Å²) in [7, 11) is 0. The number of imidazole rings is 1. The Hall–Kier alpha value is -2.24. The maximum atomic E-state index is 12.4. The predicted octanol–water partition coefficient (Wildman–Crippen LogP) is 0.618. The number of carbonyl (C=O) groups is 3. The second-order valence-electron chi connectivity index (χ2n) is 4.82. The van der Waals surface area contributed by atoms with Gasteiger partial charge in [0.25, 0.3) is 0 Å². The number of allylic oxidation sites excluding steroid dienone is 2. The number of ketones is 2. The van der Waals surface area contributed by atoms with E-state index in [4.69, 9.17) is 0 Å². The van der Waals surface area contributed by atoms with Crippen molar-refractivity contribution in [3.63, 3.8) is 0 Å². The van der Waals surface area contributed by atoms with Crippen LogP contribution in [0.25, 0.3) is 0 Å². The number of aromatic nitrogens is 2. The number of aryl methyl sites for hydroxylation is 1. The molecule has 98 valence electrons. The lowest BCUT2D eigenvalue weighted by atomic mass is 9.95. The van der Waals surface area contributed by atoms with Gasteiger partial charge < -0.3 is 9.88 Å². The first-order valence-corrected chi connectivity index (χ1v) is 6.18. The Morgan fingerprint density at radius 2 is 2.05 bits per heavy atom. The molecule has 0 fully saturated rings. The molecule has 1 aromatic rings. The monoisotopic (exact) mass is 259 g/mol. The SMILES string of the molecule is CC(=O)NC1=C(C)C(=O)c2c(nc3n2CCC3)C1=O. The van der Waals surface area contributed by atoms with Gasteiger partial charge in [-0.15, -0.1) is 0 Å². The van der Waals surface area contributed by atoms with E-state index in [1.807, 2.05) is 4.57 Å². The Bertz CT molecular complexity index is 667. The van der Waals surface area contributed by atoms with Crippen molar-refractivity contribution in [2.75, 3.05) is 0 Å². The van der Waals surface area contributed by atoms with Crippen molar-refractivity contribution in [1.29, 1.82) is 0 Å². The lowest BCUT2D eigenvalue weighted by Crippen LogP contribution is -2.33. The average Bonchev–Trinajstić information content (AvgIpc) is 2.91. The van der Waals surface area contributed by atoms with Crippen molar-refractivity contribution in [3.8, 4) is 0 Å². The van der Waals surface area contributed by atoms with Crippen LogP contribution in [0.2, 0.25) is 0 Å². The first kappa shape index (κ1) is 11.8. The van der Waals surface area contributed by atoms with Crippen LogP contribution in [0.5, 0.6) is 0 Å². The first-order valence-electron chi connectivity index (χ1n) is 6.18. The normalized spacial score (nSPS) is 17.6. The molecular formula is C13H13N3O3. The molecule has 3 rings (SSSR count). The Balaban J connectivity index is 2.15. The molecule has 1 N–H and O–H groups in total. The summed E-state index contributed by atoms with van der Waals surface area (Å²) in [5, 5.41) is 2.44. The molecule has 6 nitrogen and oxygen atoms in total. The summed E-state index contributed by atoms with van der Waals surface area (Å²) in [5.41, 5.74) is 0.891. The third-order valence-electron chi connectivity index (χ3n) is 3.50. The zero-order valence-corrected chi connectivity index (χ0v) is 10.7. The second-order valence-corrected chi connectivity index (χ2v) is 4.82. The Labute approximate surface area is 109 Å². The van der Waals surface area contributed by atoms with E-state index in [0.29, 0.717) is 5.69 Å². The van der Waals surface area contributed by atoms with E-state index in [1.165, 1.54) is 6.92 Å². The number of fused-ring (bicyclic) bond motifs is 3. The second kappa shape index (κ2) is 3.88. The number of nitrogens with zero attached hydrogens (tertiary/aromatic N) is 2. The summed E-state index contributed by atoms with van der Waals surface area (Å²) < 4.78 is 1.82. The molecule has 0 spiro atoms. The van der Waals surface area contributed by atoms with Gasteiger partial charge in [-0.2, -0.15) is 0 Å². The molecule has 6 heteroatoms. The van der Waals surface area contributed by atoms with Crippen LogP contribution in [0.15, 0.2) is 11.3 Å². The van der Waals surface area contributed by atoms with Crippen LogP contribution >= 0.6 is 0 Å². The highest BCUT2D eigenvalue weighted by atomic mass is 16.2. The van der Waals surface area contributed by atoms with Crippen LogP contribution in [-0.2, 0) is 17.8 Å². The third-order valence-corrected chi connectivity index (χ3v) is 3.50. The highest BCUT2D eigenvalue weighted by Crippen LogP contribution is 2.28. The van der Waals surface area contributed by atoms with Crippen molar-refractivity contribution < 1.29 is 14.4 Å². The quantitative estimate of drug-likeness (QED) is 0.801. The molecule has 0 saturated carbocycles. The number of carbonyl (C=O) groups excluding carboxylic acids is 3. The summed E-state index contributed by atoms with van der Waals surface area (Å²) in [6.45, 7) is 3.59. The van der Waals surface area contributed by atoms with Gasteiger partial charge in [0.2, 0.25) is 17.5 Å². The van der Waals surface area contributed by atoms with Gasteiger partial charge in [0, 0.05) is 25.5 Å². The van der Waals surface area contributed by atoms with Gasteiger partial charge in [0.1, 0.15) is 17.2 Å². The van der Waals surface area contributed by atoms with Gasteiger partial charge in [-0.25, -0.2) is 4.98 Å². The van der Waals surface area contributed by atoms with Gasteiger partial charge in [-0.1, -0.05) is 0 Å². The molecule has 1 aromatic heterocycles. The Morgan fingerprint density at radius 3 is 2.74 bits per heavy atom. The highest BCUT2D eigenvalue weighted by molar-refractivity contribution is 6.26. The van der Waals surface area contributed by atoms with Crippen molar-refractivity contribution in [2.45, 2.75) is 33.2 Å². The minimum absolute atomic E-state index is 0.0572. The molecule has 0 saturated heterocycles. The average molecular weight is 259 g/mol. The fourth-order valence-electron chi connectivity index (χ4n) is 2.62. The van der Waals surface area contributed by atoms with Crippen LogP contribution in [-0.4, -0.2) is 27.0 Å². The zero-order chi connectivity index (χ0) is 13.7. The molecule has 0 radical (unpaired) electrons. The van der Waals surface area contributed by atoms with E-state index in [0.717, 1.165) is 25.2 Å². The third kappa shape index (κ3) is 1.56. The molecule has 0 unspecified atom stereocenters. The lowest BCUT2D eigenvalue weighted by Gasteiger charge is -2.16. The predicted molar refractivity (Wildman–Crippen MR) is 65.7 cm³/mol. The van der Waals surface area contributed by atoms with Crippen molar-refractivity contribution in [1.82, 2.24) is 14.9 Å². The molecule has 1 aliphatic heterocycles. The summed E-state index contributed by atoms with van der Waals surface area (Å²) in [4.78, 5) is 40.1. The van der Waals surface area contributed by atoms with Crippen molar-refractivity contribution in [2.24, 2.45) is 0 Å². The summed E-state index contributed by atoms with van der Waals surface area (Å²) >= 11 is 0. The fraction of sp³-hybridized carbons (Fsp3) is 0.385. The van der Waals surface area contributed by atoms with Crippen molar-refractivity contribution in [3.05, 3.63) is 28.5 Å². The largest absolute Gasteiger partial charge is 0.325 e. The molecule has 2 heterocycles. The number of hydrogen-bond acceptors (Lipinski definition) is 4. The molecule has 19 heavy (non-hydrogen) atoms. The van der Waals surface area contributed by atoms with E-state index in [9.17, 15) is 14.4 Å². The van der Waals surface area contributed by atoms with Gasteiger partial charge >= 0.3 is 0 Å². The Morgan fingerprint density at radius 1 is 1.32 bits per heavy atom.